The second-order valence-corrected chi connectivity index (χ2v) is 5.14. The third-order valence-electron chi connectivity index (χ3n) is 3.40. The van der Waals surface area contributed by atoms with Crippen LogP contribution in [0.1, 0.15) is 0 Å². The van der Waals surface area contributed by atoms with Gasteiger partial charge in [-0.15, -0.1) is 0 Å². The quantitative estimate of drug-likeness (QED) is 0.568. The van der Waals surface area contributed by atoms with Crippen molar-refractivity contribution in [3.8, 4) is 0 Å². The van der Waals surface area contributed by atoms with Gasteiger partial charge in [0.1, 0.15) is 30.2 Å². The maximum atomic E-state index is 12.8. The molecule has 1 aliphatic rings. The number of aliphatic hydroxyl groups excluding tert-OH is 4. The van der Waals surface area contributed by atoms with Crippen LogP contribution in [0.2, 0.25) is 0 Å². The summed E-state index contributed by atoms with van der Waals surface area (Å²) in [6, 6.07) is 5.70. The fourth-order valence-electron chi connectivity index (χ4n) is 2.08. The second-order valence-electron chi connectivity index (χ2n) is 5.14. The van der Waals surface area contributed by atoms with E-state index in [1.54, 1.807) is 11.9 Å². The van der Waals surface area contributed by atoms with Gasteiger partial charge in [-0.05, 0) is 24.3 Å². The van der Waals surface area contributed by atoms with Crippen molar-refractivity contribution in [2.45, 2.75) is 24.4 Å². The van der Waals surface area contributed by atoms with E-state index < -0.39 is 31.0 Å². The molecule has 22 heavy (non-hydrogen) atoms. The van der Waals surface area contributed by atoms with Crippen LogP contribution >= 0.6 is 0 Å². The molecule has 0 aromatic heterocycles. The Labute approximate surface area is 126 Å². The summed E-state index contributed by atoms with van der Waals surface area (Å²) in [5.74, 6) is -0.376. The van der Waals surface area contributed by atoms with Gasteiger partial charge >= 0.3 is 0 Å². The number of rotatable bonds is 5. The number of amidine groups is 1. The molecule has 1 fully saturated rings. The average Bonchev–Trinajstić information content (AvgIpc) is 2.88. The van der Waals surface area contributed by atoms with E-state index in [0.29, 0.717) is 5.69 Å². The van der Waals surface area contributed by atoms with E-state index in [4.69, 9.17) is 9.84 Å². The first kappa shape index (κ1) is 16.6. The summed E-state index contributed by atoms with van der Waals surface area (Å²) in [6.45, 7) is -0.423. The first-order valence-corrected chi connectivity index (χ1v) is 6.79. The SMILES string of the molecule is CN1CC([C@@H](O)[C@H](O)[C@H](O)CO)OC1=Nc1ccc(F)cc1. The molecule has 1 aromatic rings. The number of likely N-dealkylation sites (N-methyl/N-ethyl adjacent to an activating group) is 1. The third kappa shape index (κ3) is 3.72. The Morgan fingerprint density at radius 1 is 1.32 bits per heavy atom. The van der Waals surface area contributed by atoms with Gasteiger partial charge in [-0.25, -0.2) is 4.39 Å². The highest BCUT2D eigenvalue weighted by atomic mass is 19.1. The van der Waals surface area contributed by atoms with E-state index in [0.717, 1.165) is 0 Å². The van der Waals surface area contributed by atoms with Crippen molar-refractivity contribution >= 4 is 11.7 Å². The van der Waals surface area contributed by atoms with E-state index in [9.17, 15) is 19.7 Å². The fourth-order valence-corrected chi connectivity index (χ4v) is 2.08. The number of aliphatic hydroxyl groups is 4. The zero-order valence-electron chi connectivity index (χ0n) is 12.0. The lowest BCUT2D eigenvalue weighted by Crippen LogP contribution is -2.47. The molecule has 0 aliphatic carbocycles. The van der Waals surface area contributed by atoms with Crippen molar-refractivity contribution in [1.82, 2.24) is 4.90 Å². The van der Waals surface area contributed by atoms with Crippen LogP contribution in [0.25, 0.3) is 0 Å². The Balaban J connectivity index is 2.07. The number of ether oxygens (including phenoxy) is 1. The Kier molecular flexibility index (Phi) is 5.30. The minimum Gasteiger partial charge on any atom is -0.457 e. The van der Waals surface area contributed by atoms with E-state index in [-0.39, 0.29) is 18.4 Å². The molecule has 0 radical (unpaired) electrons. The van der Waals surface area contributed by atoms with Crippen LogP contribution in [0.5, 0.6) is 0 Å². The Morgan fingerprint density at radius 3 is 2.55 bits per heavy atom. The number of hydrogen-bond acceptors (Lipinski definition) is 6. The molecule has 0 bridgehead atoms. The summed E-state index contributed by atoms with van der Waals surface area (Å²) < 4.78 is 18.3. The third-order valence-corrected chi connectivity index (χ3v) is 3.40. The highest BCUT2D eigenvalue weighted by molar-refractivity contribution is 5.78. The van der Waals surface area contributed by atoms with Crippen LogP contribution in [0.15, 0.2) is 29.3 Å². The summed E-state index contributed by atoms with van der Waals surface area (Å²) >= 11 is 0. The molecule has 7 nitrogen and oxygen atoms in total. The minimum atomic E-state index is -1.53. The molecular weight excluding hydrogens is 295 g/mol. The van der Waals surface area contributed by atoms with Crippen molar-refractivity contribution in [3.63, 3.8) is 0 Å². The lowest BCUT2D eigenvalue weighted by atomic mass is 10.0. The minimum absolute atomic E-state index is 0.210. The van der Waals surface area contributed by atoms with E-state index >= 15 is 0 Å². The molecule has 2 rings (SSSR count). The zero-order valence-corrected chi connectivity index (χ0v) is 12.0. The van der Waals surface area contributed by atoms with Gasteiger partial charge in [0, 0.05) is 7.05 Å². The molecule has 1 unspecified atom stereocenters. The predicted molar refractivity (Wildman–Crippen MR) is 76.1 cm³/mol. The monoisotopic (exact) mass is 314 g/mol. The van der Waals surface area contributed by atoms with Gasteiger partial charge in [-0.3, -0.25) is 0 Å². The van der Waals surface area contributed by atoms with Crippen LogP contribution in [-0.4, -0.2) is 76.0 Å². The van der Waals surface area contributed by atoms with E-state index in [1.165, 1.54) is 24.3 Å². The molecule has 0 saturated carbocycles. The van der Waals surface area contributed by atoms with Gasteiger partial charge < -0.3 is 30.1 Å². The second kappa shape index (κ2) is 7.01. The van der Waals surface area contributed by atoms with Gasteiger partial charge in [0.15, 0.2) is 0 Å². The maximum Gasteiger partial charge on any atom is 0.292 e. The molecule has 122 valence electrons. The highest BCUT2D eigenvalue weighted by Crippen LogP contribution is 2.20. The number of benzene rings is 1. The van der Waals surface area contributed by atoms with Crippen LogP contribution in [0.4, 0.5) is 10.1 Å². The van der Waals surface area contributed by atoms with Gasteiger partial charge in [-0.2, -0.15) is 4.99 Å². The van der Waals surface area contributed by atoms with Gasteiger partial charge in [0.05, 0.1) is 18.8 Å². The molecule has 1 heterocycles. The lowest BCUT2D eigenvalue weighted by Gasteiger charge is -2.24. The molecule has 1 saturated heterocycles. The summed E-state index contributed by atoms with van der Waals surface area (Å²) in [4.78, 5) is 5.81. The van der Waals surface area contributed by atoms with E-state index in [2.05, 4.69) is 4.99 Å². The maximum absolute atomic E-state index is 12.8. The first-order valence-electron chi connectivity index (χ1n) is 6.79. The van der Waals surface area contributed by atoms with Crippen LogP contribution in [0.3, 0.4) is 0 Å². The number of nitrogens with zero attached hydrogens (tertiary/aromatic N) is 2. The van der Waals surface area contributed by atoms with Crippen molar-refractivity contribution in [3.05, 3.63) is 30.1 Å². The smallest absolute Gasteiger partial charge is 0.292 e. The largest absolute Gasteiger partial charge is 0.457 e. The van der Waals surface area contributed by atoms with Crippen LogP contribution in [0, 0.1) is 5.82 Å². The van der Waals surface area contributed by atoms with Crippen LogP contribution in [-0.2, 0) is 4.74 Å². The standard InChI is InChI=1S/C14H19FN2O5/c1-17-6-11(13(21)12(20)10(19)7-18)22-14(17)16-9-4-2-8(15)3-5-9/h2-5,10-13,18-21H,6-7H2,1H3/t10-,11?,12-,13-/m1/s1. The fraction of sp³-hybridized carbons (Fsp3) is 0.500. The molecule has 1 aliphatic heterocycles. The molecule has 4 atom stereocenters. The molecule has 8 heteroatoms. The summed E-state index contributed by atoms with van der Waals surface area (Å²) in [7, 11) is 1.68. The van der Waals surface area contributed by atoms with Crippen molar-refractivity contribution in [1.29, 1.82) is 0 Å². The Hall–Kier alpha value is -1.74. The van der Waals surface area contributed by atoms with Gasteiger partial charge in [0.2, 0.25) is 0 Å². The number of aliphatic imine (C=N–C) groups is 1. The Bertz CT molecular complexity index is 524. The molecule has 1 aromatic carbocycles. The van der Waals surface area contributed by atoms with Crippen molar-refractivity contribution in [2.24, 2.45) is 4.99 Å². The van der Waals surface area contributed by atoms with Gasteiger partial charge in [0.25, 0.3) is 6.02 Å². The number of halogens is 1. The summed E-state index contributed by atoms with van der Waals surface area (Å²) in [5, 5.41) is 37.8. The normalized spacial score (nSPS) is 24.2. The van der Waals surface area contributed by atoms with E-state index in [1.807, 2.05) is 0 Å². The van der Waals surface area contributed by atoms with Crippen molar-refractivity contribution < 1.29 is 29.6 Å². The van der Waals surface area contributed by atoms with Gasteiger partial charge in [-0.1, -0.05) is 0 Å². The summed E-state index contributed by atoms with van der Waals surface area (Å²) in [6.07, 6.45) is -5.18. The zero-order chi connectivity index (χ0) is 16.3. The topological polar surface area (TPSA) is 106 Å². The predicted octanol–water partition coefficient (Wildman–Crippen LogP) is -0.781. The Morgan fingerprint density at radius 2 is 1.95 bits per heavy atom. The average molecular weight is 314 g/mol. The first-order chi connectivity index (χ1) is 10.4. The summed E-state index contributed by atoms with van der Waals surface area (Å²) in [5.41, 5.74) is 0.481. The molecule has 0 spiro atoms. The molecular formula is C14H19FN2O5. The van der Waals surface area contributed by atoms with Crippen LogP contribution < -0.4 is 0 Å². The molecule has 0 amide bonds. The van der Waals surface area contributed by atoms with Crippen molar-refractivity contribution in [2.75, 3.05) is 20.2 Å². The highest BCUT2D eigenvalue weighted by Gasteiger charge is 2.38. The molecule has 4 N–H and O–H groups in total. The lowest BCUT2D eigenvalue weighted by molar-refractivity contribution is -0.106. The number of hydrogen-bond donors (Lipinski definition) is 4.